The van der Waals surface area contributed by atoms with Gasteiger partial charge in [-0.05, 0) is 37.6 Å². The molecule has 1 N–H and O–H groups in total. The minimum Gasteiger partial charge on any atom is -0.480 e. The number of nitrogens with zero attached hydrogens (tertiary/aromatic N) is 1. The molecule has 0 saturated carbocycles. The standard InChI is InChI=1S/C13H15BrFNO2/c14-10-4-5-11(15)9(7-10)8-16-6-2-1-3-12(16)13(17)18/h4-5,7,12H,1-3,6,8H2,(H,17,18). The van der Waals surface area contributed by atoms with Crippen molar-refractivity contribution in [1.82, 2.24) is 4.90 Å². The highest BCUT2D eigenvalue weighted by atomic mass is 79.9. The van der Waals surface area contributed by atoms with E-state index in [2.05, 4.69) is 15.9 Å². The minimum atomic E-state index is -0.815. The van der Waals surface area contributed by atoms with E-state index in [-0.39, 0.29) is 5.82 Å². The van der Waals surface area contributed by atoms with Gasteiger partial charge in [0.1, 0.15) is 11.9 Å². The molecule has 3 nitrogen and oxygen atoms in total. The highest BCUT2D eigenvalue weighted by Gasteiger charge is 2.28. The van der Waals surface area contributed by atoms with Crippen molar-refractivity contribution in [1.29, 1.82) is 0 Å². The van der Waals surface area contributed by atoms with Crippen molar-refractivity contribution in [3.05, 3.63) is 34.1 Å². The molecule has 5 heteroatoms. The van der Waals surface area contributed by atoms with Crippen LogP contribution in [0, 0.1) is 5.82 Å². The molecule has 1 atom stereocenters. The van der Waals surface area contributed by atoms with E-state index in [0.717, 1.165) is 17.3 Å². The predicted molar refractivity (Wildman–Crippen MR) is 69.8 cm³/mol. The molecule has 1 aliphatic heterocycles. The number of carboxylic acids is 1. The SMILES string of the molecule is O=C(O)C1CCCCN1Cc1cc(Br)ccc1F. The van der Waals surface area contributed by atoms with Gasteiger partial charge in [0.05, 0.1) is 0 Å². The number of rotatable bonds is 3. The smallest absolute Gasteiger partial charge is 0.320 e. The van der Waals surface area contributed by atoms with Gasteiger partial charge in [0.25, 0.3) is 0 Å². The first-order valence-corrected chi connectivity index (χ1v) is 6.78. The van der Waals surface area contributed by atoms with Gasteiger partial charge in [-0.1, -0.05) is 22.4 Å². The summed E-state index contributed by atoms with van der Waals surface area (Å²) in [7, 11) is 0. The van der Waals surface area contributed by atoms with Gasteiger partial charge in [0.15, 0.2) is 0 Å². The Kier molecular flexibility index (Phi) is 4.35. The molecule has 18 heavy (non-hydrogen) atoms. The lowest BCUT2D eigenvalue weighted by atomic mass is 10.0. The monoisotopic (exact) mass is 315 g/mol. The van der Waals surface area contributed by atoms with Crippen LogP contribution < -0.4 is 0 Å². The van der Waals surface area contributed by atoms with Gasteiger partial charge in [-0.3, -0.25) is 9.69 Å². The number of benzene rings is 1. The Morgan fingerprint density at radius 2 is 2.28 bits per heavy atom. The first-order chi connectivity index (χ1) is 8.58. The maximum Gasteiger partial charge on any atom is 0.320 e. The lowest BCUT2D eigenvalue weighted by Gasteiger charge is -2.32. The second kappa shape index (κ2) is 5.80. The van der Waals surface area contributed by atoms with Gasteiger partial charge in [0.2, 0.25) is 0 Å². The lowest BCUT2D eigenvalue weighted by molar-refractivity contribution is -0.144. The summed E-state index contributed by atoms with van der Waals surface area (Å²) < 4.78 is 14.5. The molecule has 0 spiro atoms. The number of piperidine rings is 1. The fraction of sp³-hybridized carbons (Fsp3) is 0.462. The quantitative estimate of drug-likeness (QED) is 0.932. The van der Waals surface area contributed by atoms with Crippen LogP contribution in [0.15, 0.2) is 22.7 Å². The van der Waals surface area contributed by atoms with Gasteiger partial charge >= 0.3 is 5.97 Å². The molecule has 1 heterocycles. The maximum atomic E-state index is 13.7. The van der Waals surface area contributed by atoms with E-state index in [4.69, 9.17) is 5.11 Å². The number of carbonyl (C=O) groups is 1. The summed E-state index contributed by atoms with van der Waals surface area (Å²) in [6.07, 6.45) is 2.54. The summed E-state index contributed by atoms with van der Waals surface area (Å²) in [6.45, 7) is 1.06. The predicted octanol–water partition coefficient (Wildman–Crippen LogP) is 3.03. The third-order valence-corrected chi connectivity index (χ3v) is 3.77. The normalized spacial score (nSPS) is 20.9. The van der Waals surface area contributed by atoms with Crippen LogP contribution in [0.2, 0.25) is 0 Å². The second-order valence-corrected chi connectivity index (χ2v) is 5.47. The Morgan fingerprint density at radius 1 is 1.50 bits per heavy atom. The second-order valence-electron chi connectivity index (χ2n) is 4.56. The van der Waals surface area contributed by atoms with Crippen molar-refractivity contribution in [2.75, 3.05) is 6.54 Å². The van der Waals surface area contributed by atoms with Crippen LogP contribution in [0.1, 0.15) is 24.8 Å². The maximum absolute atomic E-state index is 13.7. The number of hydrogen-bond acceptors (Lipinski definition) is 2. The molecule has 1 unspecified atom stereocenters. The van der Waals surface area contributed by atoms with Crippen molar-refractivity contribution in [2.24, 2.45) is 0 Å². The third kappa shape index (κ3) is 3.09. The molecule has 0 aliphatic carbocycles. The highest BCUT2D eigenvalue weighted by Crippen LogP contribution is 2.22. The zero-order valence-corrected chi connectivity index (χ0v) is 11.5. The van der Waals surface area contributed by atoms with Crippen LogP contribution in [-0.2, 0) is 11.3 Å². The largest absolute Gasteiger partial charge is 0.480 e. The highest BCUT2D eigenvalue weighted by molar-refractivity contribution is 9.10. The molecule has 1 aromatic rings. The number of carboxylic acid groups (broad SMARTS) is 1. The van der Waals surface area contributed by atoms with Gasteiger partial charge in [-0.15, -0.1) is 0 Å². The molecule has 1 saturated heterocycles. The summed E-state index contributed by atoms with van der Waals surface area (Å²) in [6, 6.07) is 4.27. The van der Waals surface area contributed by atoms with Crippen LogP contribution in [0.5, 0.6) is 0 Å². The van der Waals surface area contributed by atoms with Crippen LogP contribution >= 0.6 is 15.9 Å². The van der Waals surface area contributed by atoms with Crippen LogP contribution in [0.3, 0.4) is 0 Å². The summed E-state index contributed by atoms with van der Waals surface area (Å²) in [5.41, 5.74) is 0.539. The van der Waals surface area contributed by atoms with Crippen molar-refractivity contribution >= 4 is 21.9 Å². The summed E-state index contributed by atoms with van der Waals surface area (Å²) in [5.74, 6) is -1.10. The first-order valence-electron chi connectivity index (χ1n) is 5.98. The Bertz CT molecular complexity index is 453. The van der Waals surface area contributed by atoms with E-state index in [9.17, 15) is 9.18 Å². The molecule has 1 aromatic carbocycles. The molecule has 0 aromatic heterocycles. The first kappa shape index (κ1) is 13.5. The van der Waals surface area contributed by atoms with Gasteiger partial charge in [-0.2, -0.15) is 0 Å². The Balaban J connectivity index is 2.15. The number of likely N-dealkylation sites (tertiary alicyclic amines) is 1. The third-order valence-electron chi connectivity index (χ3n) is 3.28. The molecule has 0 radical (unpaired) electrons. The Morgan fingerprint density at radius 3 is 3.00 bits per heavy atom. The van der Waals surface area contributed by atoms with E-state index in [0.29, 0.717) is 25.1 Å². The molecule has 0 amide bonds. The average Bonchev–Trinajstić information content (AvgIpc) is 2.34. The number of aliphatic carboxylic acids is 1. The van der Waals surface area contributed by atoms with Crippen LogP contribution in [0.25, 0.3) is 0 Å². The van der Waals surface area contributed by atoms with Crippen LogP contribution in [-0.4, -0.2) is 28.6 Å². The molecule has 1 aliphatic rings. The topological polar surface area (TPSA) is 40.5 Å². The fourth-order valence-corrected chi connectivity index (χ4v) is 2.75. The number of hydrogen-bond donors (Lipinski definition) is 1. The molecular weight excluding hydrogens is 301 g/mol. The number of halogens is 2. The van der Waals surface area contributed by atoms with Gasteiger partial charge in [0, 0.05) is 16.6 Å². The Labute approximate surface area is 114 Å². The van der Waals surface area contributed by atoms with Crippen LogP contribution in [0.4, 0.5) is 4.39 Å². The summed E-state index contributed by atoms with van der Waals surface area (Å²) >= 11 is 3.30. The van der Waals surface area contributed by atoms with E-state index >= 15 is 0 Å². The van der Waals surface area contributed by atoms with Gasteiger partial charge in [-0.25, -0.2) is 4.39 Å². The van der Waals surface area contributed by atoms with E-state index in [1.807, 2.05) is 4.90 Å². The lowest BCUT2D eigenvalue weighted by Crippen LogP contribution is -2.44. The van der Waals surface area contributed by atoms with E-state index < -0.39 is 12.0 Å². The molecule has 2 rings (SSSR count). The fourth-order valence-electron chi connectivity index (χ4n) is 2.34. The molecule has 98 valence electrons. The summed E-state index contributed by atoms with van der Waals surface area (Å²) in [4.78, 5) is 13.0. The molecule has 1 fully saturated rings. The summed E-state index contributed by atoms with van der Waals surface area (Å²) in [5, 5.41) is 9.17. The van der Waals surface area contributed by atoms with Crippen molar-refractivity contribution in [3.8, 4) is 0 Å². The van der Waals surface area contributed by atoms with Crippen molar-refractivity contribution in [2.45, 2.75) is 31.8 Å². The molecular formula is C13H15BrFNO2. The molecule has 0 bridgehead atoms. The van der Waals surface area contributed by atoms with E-state index in [1.165, 1.54) is 6.07 Å². The van der Waals surface area contributed by atoms with Gasteiger partial charge < -0.3 is 5.11 Å². The van der Waals surface area contributed by atoms with Crippen molar-refractivity contribution in [3.63, 3.8) is 0 Å². The Hall–Kier alpha value is -0.940. The minimum absolute atomic E-state index is 0.284. The zero-order chi connectivity index (χ0) is 13.1. The van der Waals surface area contributed by atoms with E-state index in [1.54, 1.807) is 12.1 Å². The van der Waals surface area contributed by atoms with Crippen molar-refractivity contribution < 1.29 is 14.3 Å². The average molecular weight is 316 g/mol. The zero-order valence-electron chi connectivity index (χ0n) is 9.90.